The molecule has 2 amide bonds. The van der Waals surface area contributed by atoms with Gasteiger partial charge in [-0.1, -0.05) is 0 Å². The average molecular weight is 395 g/mol. The second-order valence-electron chi connectivity index (χ2n) is 7.68. The Labute approximate surface area is 158 Å². The maximum absolute atomic E-state index is 12.7. The monoisotopic (exact) mass is 395 g/mol. The highest BCUT2D eigenvalue weighted by atomic mass is 32.2. The molecule has 0 aromatic carbocycles. The van der Waals surface area contributed by atoms with E-state index in [0.717, 1.165) is 12.8 Å². The number of sulfonamides is 1. The Morgan fingerprint density at radius 1 is 1.30 bits per heavy atom. The van der Waals surface area contributed by atoms with E-state index in [1.54, 1.807) is 9.58 Å². The van der Waals surface area contributed by atoms with Crippen molar-refractivity contribution in [3.8, 4) is 0 Å². The van der Waals surface area contributed by atoms with Crippen LogP contribution in [0, 0.1) is 11.8 Å². The van der Waals surface area contributed by atoms with Crippen molar-refractivity contribution < 1.29 is 18.0 Å². The molecular formula is C17H25N5O4S. The molecule has 148 valence electrons. The van der Waals surface area contributed by atoms with E-state index in [2.05, 4.69) is 15.1 Å². The molecule has 1 aliphatic carbocycles. The molecule has 3 heterocycles. The van der Waals surface area contributed by atoms with Crippen LogP contribution in [0.15, 0.2) is 17.3 Å². The van der Waals surface area contributed by atoms with E-state index in [-0.39, 0.29) is 34.6 Å². The molecule has 27 heavy (non-hydrogen) atoms. The lowest BCUT2D eigenvalue weighted by Gasteiger charge is -2.39. The van der Waals surface area contributed by atoms with Crippen molar-refractivity contribution in [3.05, 3.63) is 12.4 Å². The number of hydrogen-bond donors (Lipinski definition) is 2. The van der Waals surface area contributed by atoms with Gasteiger partial charge >= 0.3 is 0 Å². The predicted octanol–water partition coefficient (Wildman–Crippen LogP) is -0.303. The van der Waals surface area contributed by atoms with E-state index in [1.165, 1.54) is 12.4 Å². The Bertz CT molecular complexity index is 837. The lowest BCUT2D eigenvalue weighted by molar-refractivity contribution is -0.136. The number of amides is 2. The van der Waals surface area contributed by atoms with Gasteiger partial charge in [-0.3, -0.25) is 14.3 Å². The third kappa shape index (κ3) is 3.47. The van der Waals surface area contributed by atoms with Crippen molar-refractivity contribution in [1.29, 1.82) is 0 Å². The smallest absolute Gasteiger partial charge is 0.245 e. The first-order valence-electron chi connectivity index (χ1n) is 9.50. The van der Waals surface area contributed by atoms with Crippen molar-refractivity contribution in [2.75, 3.05) is 13.1 Å². The van der Waals surface area contributed by atoms with E-state index in [0.29, 0.717) is 32.5 Å². The number of nitrogens with one attached hydrogen (secondary N) is 2. The number of carbonyl (C=O) groups excluding carboxylic acids is 2. The Morgan fingerprint density at radius 3 is 2.56 bits per heavy atom. The molecule has 3 aliphatic rings. The van der Waals surface area contributed by atoms with Crippen LogP contribution < -0.4 is 10.0 Å². The number of aryl methyl sites for hydroxylation is 1. The molecule has 2 N–H and O–H groups in total. The van der Waals surface area contributed by atoms with Gasteiger partial charge in [-0.2, -0.15) is 5.10 Å². The molecule has 0 spiro atoms. The molecule has 4 atom stereocenters. The fourth-order valence-electron chi connectivity index (χ4n) is 4.52. The van der Waals surface area contributed by atoms with Gasteiger partial charge in [0, 0.05) is 38.3 Å². The zero-order valence-electron chi connectivity index (χ0n) is 15.3. The quantitative estimate of drug-likeness (QED) is 0.710. The molecule has 2 unspecified atom stereocenters. The van der Waals surface area contributed by atoms with Crippen molar-refractivity contribution in [2.24, 2.45) is 11.8 Å². The van der Waals surface area contributed by atoms with Crippen LogP contribution in [0.3, 0.4) is 0 Å². The van der Waals surface area contributed by atoms with Crippen LogP contribution in [-0.4, -0.2) is 60.1 Å². The summed E-state index contributed by atoms with van der Waals surface area (Å²) in [6, 6.07) is -0.591. The Kier molecular flexibility index (Phi) is 4.71. The fourth-order valence-corrected chi connectivity index (χ4v) is 5.84. The van der Waals surface area contributed by atoms with E-state index in [4.69, 9.17) is 0 Å². The summed E-state index contributed by atoms with van der Waals surface area (Å²) in [5, 5.41) is 6.77. The number of hydrogen-bond acceptors (Lipinski definition) is 5. The summed E-state index contributed by atoms with van der Waals surface area (Å²) in [5.41, 5.74) is 0. The first kappa shape index (κ1) is 18.4. The third-order valence-electron chi connectivity index (χ3n) is 5.97. The summed E-state index contributed by atoms with van der Waals surface area (Å²) in [5.74, 6) is 0.0801. The Balaban J connectivity index is 1.43. The highest BCUT2D eigenvalue weighted by molar-refractivity contribution is 7.89. The minimum atomic E-state index is -3.63. The van der Waals surface area contributed by atoms with Crippen molar-refractivity contribution in [1.82, 2.24) is 24.7 Å². The summed E-state index contributed by atoms with van der Waals surface area (Å²) in [7, 11) is -3.63. The summed E-state index contributed by atoms with van der Waals surface area (Å²) in [6.07, 6.45) is 5.63. The standard InChI is InChI=1S/C17H25N5O4S/c1-2-22-10-13(7-18-22)27(25,26)20-16-11-3-4-12(16)9-21(8-11)17(24)14-5-6-15(23)19-14/h7,10-12,14,16,20H,2-6,8-9H2,1H3,(H,19,23)/t11-,12+,14?,16?. The highest BCUT2D eigenvalue weighted by Gasteiger charge is 2.46. The van der Waals surface area contributed by atoms with Crippen LogP contribution in [0.4, 0.5) is 0 Å². The van der Waals surface area contributed by atoms with E-state index < -0.39 is 16.1 Å². The number of nitrogens with zero attached hydrogens (tertiary/aromatic N) is 3. The molecule has 10 heteroatoms. The second kappa shape index (κ2) is 6.90. The van der Waals surface area contributed by atoms with E-state index in [1.807, 2.05) is 6.92 Å². The van der Waals surface area contributed by atoms with Gasteiger partial charge in [-0.25, -0.2) is 13.1 Å². The van der Waals surface area contributed by atoms with Crippen LogP contribution in [0.1, 0.15) is 32.6 Å². The number of fused-ring (bicyclic) bond motifs is 2. The van der Waals surface area contributed by atoms with Crippen LogP contribution in [-0.2, 0) is 26.2 Å². The average Bonchev–Trinajstić information content (AvgIpc) is 3.33. The third-order valence-corrected chi connectivity index (χ3v) is 7.39. The summed E-state index contributed by atoms with van der Waals surface area (Å²) >= 11 is 0. The summed E-state index contributed by atoms with van der Waals surface area (Å²) in [6.45, 7) is 3.57. The van der Waals surface area contributed by atoms with Crippen LogP contribution in [0.2, 0.25) is 0 Å². The molecule has 3 fully saturated rings. The zero-order valence-corrected chi connectivity index (χ0v) is 16.1. The van der Waals surface area contributed by atoms with Gasteiger partial charge in [0.05, 0.1) is 6.20 Å². The van der Waals surface area contributed by atoms with Crippen LogP contribution >= 0.6 is 0 Å². The molecular weight excluding hydrogens is 370 g/mol. The molecule has 1 aromatic heterocycles. The van der Waals surface area contributed by atoms with Gasteiger partial charge in [0.2, 0.25) is 21.8 Å². The fraction of sp³-hybridized carbons (Fsp3) is 0.706. The van der Waals surface area contributed by atoms with Gasteiger partial charge in [0.1, 0.15) is 10.9 Å². The Morgan fingerprint density at radius 2 is 2.00 bits per heavy atom. The van der Waals surface area contributed by atoms with Crippen molar-refractivity contribution >= 4 is 21.8 Å². The van der Waals surface area contributed by atoms with E-state index >= 15 is 0 Å². The number of aromatic nitrogens is 2. The summed E-state index contributed by atoms with van der Waals surface area (Å²) in [4.78, 5) is 26.0. The van der Waals surface area contributed by atoms with Gasteiger partial charge < -0.3 is 10.2 Å². The Hall–Kier alpha value is -1.94. The van der Waals surface area contributed by atoms with Gasteiger partial charge in [-0.05, 0) is 38.0 Å². The number of piperidine rings is 1. The predicted molar refractivity (Wildman–Crippen MR) is 96.0 cm³/mol. The minimum absolute atomic E-state index is 0.0386. The molecule has 9 nitrogen and oxygen atoms in total. The molecule has 0 radical (unpaired) electrons. The number of likely N-dealkylation sites (tertiary alicyclic amines) is 1. The molecule has 2 saturated heterocycles. The highest BCUT2D eigenvalue weighted by Crippen LogP contribution is 2.38. The molecule has 1 aromatic rings. The zero-order chi connectivity index (χ0) is 19.2. The first-order chi connectivity index (χ1) is 12.9. The first-order valence-corrected chi connectivity index (χ1v) is 11.0. The second-order valence-corrected chi connectivity index (χ2v) is 9.39. The number of rotatable bonds is 5. The lowest BCUT2D eigenvalue weighted by atomic mass is 9.92. The molecule has 1 saturated carbocycles. The number of carbonyl (C=O) groups is 2. The van der Waals surface area contributed by atoms with Gasteiger partial charge in [-0.15, -0.1) is 0 Å². The topological polar surface area (TPSA) is 113 Å². The molecule has 2 aliphatic heterocycles. The van der Waals surface area contributed by atoms with Crippen LogP contribution in [0.5, 0.6) is 0 Å². The van der Waals surface area contributed by atoms with Crippen molar-refractivity contribution in [3.63, 3.8) is 0 Å². The maximum atomic E-state index is 12.7. The van der Waals surface area contributed by atoms with Crippen molar-refractivity contribution in [2.45, 2.75) is 56.1 Å². The molecule has 4 rings (SSSR count). The maximum Gasteiger partial charge on any atom is 0.245 e. The van der Waals surface area contributed by atoms with E-state index in [9.17, 15) is 18.0 Å². The minimum Gasteiger partial charge on any atom is -0.344 e. The normalized spacial score (nSPS) is 30.6. The van der Waals surface area contributed by atoms with Gasteiger partial charge in [0.15, 0.2) is 0 Å². The van der Waals surface area contributed by atoms with Crippen LogP contribution in [0.25, 0.3) is 0 Å². The lowest BCUT2D eigenvalue weighted by Crippen LogP contribution is -2.56. The summed E-state index contributed by atoms with van der Waals surface area (Å²) < 4.78 is 29.9. The SMILES string of the molecule is CCn1cc(S(=O)(=O)NC2[C@@H]3CC[C@H]2CN(C(=O)C2CCC(=O)N2)C3)cn1. The molecule has 2 bridgehead atoms. The van der Waals surface area contributed by atoms with Gasteiger partial charge in [0.25, 0.3) is 0 Å². The largest absolute Gasteiger partial charge is 0.344 e.